The standard InChI is InChI=1S/C12H9Br2N3O2/c13-7-4-5-10(8(14)6-7)19-11-3-1-2-9(16-11)12(15)17-18/h1-6,18H,(H2,15,17). The van der Waals surface area contributed by atoms with Gasteiger partial charge in [0.1, 0.15) is 11.4 Å². The largest absolute Gasteiger partial charge is 0.438 e. The van der Waals surface area contributed by atoms with Crippen molar-refractivity contribution >= 4 is 37.7 Å². The number of hydrogen-bond acceptors (Lipinski definition) is 4. The molecule has 0 unspecified atom stereocenters. The Hall–Kier alpha value is -1.60. The van der Waals surface area contributed by atoms with E-state index in [0.29, 0.717) is 17.3 Å². The van der Waals surface area contributed by atoms with Gasteiger partial charge in [-0.15, -0.1) is 0 Å². The van der Waals surface area contributed by atoms with E-state index in [1.807, 2.05) is 12.1 Å². The molecule has 0 atom stereocenters. The summed E-state index contributed by atoms with van der Waals surface area (Å²) in [6.45, 7) is 0. The van der Waals surface area contributed by atoms with Crippen molar-refractivity contribution in [3.63, 3.8) is 0 Å². The summed E-state index contributed by atoms with van der Waals surface area (Å²) in [6, 6.07) is 10.5. The highest BCUT2D eigenvalue weighted by Crippen LogP contribution is 2.31. The first-order valence-electron chi connectivity index (χ1n) is 5.18. The highest BCUT2D eigenvalue weighted by Gasteiger charge is 2.07. The maximum absolute atomic E-state index is 8.61. The Bertz CT molecular complexity index is 632. The van der Waals surface area contributed by atoms with E-state index >= 15 is 0 Å². The summed E-state index contributed by atoms with van der Waals surface area (Å²) in [7, 11) is 0. The third kappa shape index (κ3) is 3.45. The monoisotopic (exact) mass is 385 g/mol. The molecule has 0 amide bonds. The molecule has 0 radical (unpaired) electrons. The van der Waals surface area contributed by atoms with E-state index < -0.39 is 0 Å². The van der Waals surface area contributed by atoms with E-state index in [2.05, 4.69) is 42.0 Å². The van der Waals surface area contributed by atoms with Crippen LogP contribution in [0.25, 0.3) is 0 Å². The molecule has 0 spiro atoms. The normalized spacial score (nSPS) is 11.4. The van der Waals surface area contributed by atoms with Crippen LogP contribution >= 0.6 is 31.9 Å². The fourth-order valence-electron chi connectivity index (χ4n) is 1.34. The van der Waals surface area contributed by atoms with E-state index in [0.717, 1.165) is 8.95 Å². The van der Waals surface area contributed by atoms with Crippen molar-refractivity contribution in [2.45, 2.75) is 0 Å². The predicted molar refractivity (Wildman–Crippen MR) is 78.7 cm³/mol. The first-order chi connectivity index (χ1) is 9.10. The molecule has 5 nitrogen and oxygen atoms in total. The van der Waals surface area contributed by atoms with Gasteiger partial charge in [-0.1, -0.05) is 27.2 Å². The van der Waals surface area contributed by atoms with Gasteiger partial charge < -0.3 is 15.7 Å². The van der Waals surface area contributed by atoms with Crippen LogP contribution in [0.1, 0.15) is 5.69 Å². The van der Waals surface area contributed by atoms with E-state index in [-0.39, 0.29) is 5.84 Å². The van der Waals surface area contributed by atoms with Crippen LogP contribution in [0.3, 0.4) is 0 Å². The molecule has 2 rings (SSSR count). The van der Waals surface area contributed by atoms with Gasteiger partial charge in [-0.25, -0.2) is 4.98 Å². The third-order valence-corrected chi connectivity index (χ3v) is 3.32. The zero-order chi connectivity index (χ0) is 13.8. The molecule has 0 aliphatic carbocycles. The average molecular weight is 387 g/mol. The number of ether oxygens (including phenoxy) is 1. The minimum Gasteiger partial charge on any atom is -0.438 e. The van der Waals surface area contributed by atoms with Crippen molar-refractivity contribution in [2.75, 3.05) is 0 Å². The summed E-state index contributed by atoms with van der Waals surface area (Å²) < 4.78 is 7.35. The van der Waals surface area contributed by atoms with Crippen LogP contribution in [0.2, 0.25) is 0 Å². The summed E-state index contributed by atoms with van der Waals surface area (Å²) >= 11 is 6.76. The molecule has 3 N–H and O–H groups in total. The first kappa shape index (κ1) is 13.8. The highest BCUT2D eigenvalue weighted by molar-refractivity contribution is 9.11. The fraction of sp³-hybridized carbons (Fsp3) is 0. The van der Waals surface area contributed by atoms with Crippen molar-refractivity contribution in [1.82, 2.24) is 4.98 Å². The molecule has 1 heterocycles. The molecule has 0 bridgehead atoms. The Labute approximate surface area is 126 Å². The van der Waals surface area contributed by atoms with Crippen LogP contribution in [0.5, 0.6) is 11.6 Å². The Balaban J connectivity index is 2.28. The van der Waals surface area contributed by atoms with Crippen LogP contribution in [-0.4, -0.2) is 16.0 Å². The molecular formula is C12H9Br2N3O2. The maximum Gasteiger partial charge on any atom is 0.219 e. The van der Waals surface area contributed by atoms with Crippen LogP contribution in [-0.2, 0) is 0 Å². The number of aromatic nitrogens is 1. The third-order valence-electron chi connectivity index (χ3n) is 2.20. The molecule has 7 heteroatoms. The highest BCUT2D eigenvalue weighted by atomic mass is 79.9. The summed E-state index contributed by atoms with van der Waals surface area (Å²) in [6.07, 6.45) is 0. The maximum atomic E-state index is 8.61. The fourth-order valence-corrected chi connectivity index (χ4v) is 2.46. The van der Waals surface area contributed by atoms with Crippen molar-refractivity contribution in [3.8, 4) is 11.6 Å². The lowest BCUT2D eigenvalue weighted by Crippen LogP contribution is -2.14. The van der Waals surface area contributed by atoms with Gasteiger partial charge in [0.25, 0.3) is 0 Å². The molecule has 0 aliphatic heterocycles. The van der Waals surface area contributed by atoms with E-state index in [9.17, 15) is 0 Å². The Morgan fingerprint density at radius 3 is 2.74 bits per heavy atom. The Morgan fingerprint density at radius 2 is 2.05 bits per heavy atom. The summed E-state index contributed by atoms with van der Waals surface area (Å²) in [5.41, 5.74) is 5.81. The lowest BCUT2D eigenvalue weighted by atomic mass is 10.3. The SMILES string of the molecule is NC(=NO)c1cccc(Oc2ccc(Br)cc2Br)n1. The van der Waals surface area contributed by atoms with Gasteiger partial charge in [0, 0.05) is 10.5 Å². The molecule has 2 aromatic rings. The Morgan fingerprint density at radius 1 is 1.26 bits per heavy atom. The minimum atomic E-state index is -0.0691. The average Bonchev–Trinajstić information content (AvgIpc) is 2.41. The summed E-state index contributed by atoms with van der Waals surface area (Å²) in [5, 5.41) is 11.5. The molecule has 19 heavy (non-hydrogen) atoms. The van der Waals surface area contributed by atoms with E-state index in [1.54, 1.807) is 24.3 Å². The predicted octanol–water partition coefficient (Wildman–Crippen LogP) is 3.49. The van der Waals surface area contributed by atoms with Crippen molar-refractivity contribution in [1.29, 1.82) is 0 Å². The number of rotatable bonds is 3. The molecule has 1 aromatic carbocycles. The van der Waals surface area contributed by atoms with E-state index in [4.69, 9.17) is 15.7 Å². The van der Waals surface area contributed by atoms with Crippen LogP contribution in [0.4, 0.5) is 0 Å². The topological polar surface area (TPSA) is 80.7 Å². The van der Waals surface area contributed by atoms with Crippen molar-refractivity contribution in [2.24, 2.45) is 10.9 Å². The summed E-state index contributed by atoms with van der Waals surface area (Å²) in [5.74, 6) is 0.903. The number of oxime groups is 1. The number of halogens is 2. The quantitative estimate of drug-likeness (QED) is 0.366. The minimum absolute atomic E-state index is 0.0691. The van der Waals surface area contributed by atoms with Crippen LogP contribution < -0.4 is 10.5 Å². The second-order valence-electron chi connectivity index (χ2n) is 3.52. The van der Waals surface area contributed by atoms with Gasteiger partial charge in [-0.05, 0) is 40.2 Å². The van der Waals surface area contributed by atoms with E-state index in [1.165, 1.54) is 0 Å². The first-order valence-corrected chi connectivity index (χ1v) is 6.76. The van der Waals surface area contributed by atoms with Crippen molar-refractivity contribution in [3.05, 3.63) is 51.0 Å². The smallest absolute Gasteiger partial charge is 0.219 e. The van der Waals surface area contributed by atoms with Crippen LogP contribution in [0, 0.1) is 0 Å². The molecular weight excluding hydrogens is 378 g/mol. The van der Waals surface area contributed by atoms with Gasteiger partial charge in [-0.3, -0.25) is 0 Å². The lowest BCUT2D eigenvalue weighted by molar-refractivity contribution is 0.318. The van der Waals surface area contributed by atoms with Gasteiger partial charge >= 0.3 is 0 Å². The van der Waals surface area contributed by atoms with Gasteiger partial charge in [-0.2, -0.15) is 0 Å². The molecule has 1 aromatic heterocycles. The number of pyridine rings is 1. The number of benzene rings is 1. The molecule has 0 saturated heterocycles. The summed E-state index contributed by atoms with van der Waals surface area (Å²) in [4.78, 5) is 4.13. The van der Waals surface area contributed by atoms with Crippen LogP contribution in [0.15, 0.2) is 50.5 Å². The Kier molecular flexibility index (Phi) is 4.39. The molecule has 0 saturated carbocycles. The second-order valence-corrected chi connectivity index (χ2v) is 5.29. The van der Waals surface area contributed by atoms with Gasteiger partial charge in [0.05, 0.1) is 4.47 Å². The number of hydrogen-bond donors (Lipinski definition) is 2. The number of amidine groups is 1. The molecule has 98 valence electrons. The number of nitrogens with two attached hydrogens (primary N) is 1. The lowest BCUT2D eigenvalue weighted by Gasteiger charge is -2.08. The molecule has 0 fully saturated rings. The zero-order valence-corrected chi connectivity index (χ0v) is 12.7. The van der Waals surface area contributed by atoms with Gasteiger partial charge in [0.2, 0.25) is 5.88 Å². The van der Waals surface area contributed by atoms with Crippen molar-refractivity contribution < 1.29 is 9.94 Å². The zero-order valence-electron chi connectivity index (χ0n) is 9.55. The number of nitrogens with zero attached hydrogens (tertiary/aromatic N) is 2. The van der Waals surface area contributed by atoms with Gasteiger partial charge in [0.15, 0.2) is 5.84 Å². The molecule has 0 aliphatic rings. The second kappa shape index (κ2) is 6.03.